The van der Waals surface area contributed by atoms with Crippen molar-refractivity contribution in [2.45, 2.75) is 19.9 Å². The van der Waals surface area contributed by atoms with Crippen molar-refractivity contribution >= 4 is 33.0 Å². The number of para-hydroxylation sites is 1. The lowest BCUT2D eigenvalue weighted by Gasteiger charge is -2.18. The number of nitrogens with one attached hydrogen (secondary N) is 1. The standard InChI is InChI=1S/C14H17BrN2S/c1-9-5-3-4-6-12(9)17-13(8-16)14-7-11(15)10(2)18-14/h3-7,13,17H,8,16H2,1-2H3. The van der Waals surface area contributed by atoms with E-state index in [1.54, 1.807) is 11.3 Å². The molecule has 0 aliphatic heterocycles. The predicted octanol–water partition coefficient (Wildman–Crippen LogP) is 4.24. The van der Waals surface area contributed by atoms with E-state index in [4.69, 9.17) is 5.73 Å². The highest BCUT2D eigenvalue weighted by Crippen LogP contribution is 2.32. The smallest absolute Gasteiger partial charge is 0.0729 e. The molecule has 0 saturated heterocycles. The summed E-state index contributed by atoms with van der Waals surface area (Å²) in [5.41, 5.74) is 8.28. The highest BCUT2D eigenvalue weighted by molar-refractivity contribution is 9.10. The maximum atomic E-state index is 5.89. The molecule has 1 atom stereocenters. The van der Waals surface area contributed by atoms with Crippen LogP contribution in [0.2, 0.25) is 0 Å². The first-order chi connectivity index (χ1) is 8.61. The summed E-state index contributed by atoms with van der Waals surface area (Å²) < 4.78 is 1.16. The zero-order valence-corrected chi connectivity index (χ0v) is 12.9. The van der Waals surface area contributed by atoms with Crippen molar-refractivity contribution in [1.29, 1.82) is 0 Å². The number of nitrogens with two attached hydrogens (primary N) is 1. The molecule has 96 valence electrons. The van der Waals surface area contributed by atoms with Crippen LogP contribution in [0.1, 0.15) is 21.4 Å². The lowest BCUT2D eigenvalue weighted by Crippen LogP contribution is -2.20. The molecular formula is C14H17BrN2S. The molecule has 0 spiro atoms. The lowest BCUT2D eigenvalue weighted by molar-refractivity contribution is 0.804. The van der Waals surface area contributed by atoms with Gasteiger partial charge in [0.25, 0.3) is 0 Å². The van der Waals surface area contributed by atoms with Crippen LogP contribution in [0.3, 0.4) is 0 Å². The Balaban J connectivity index is 2.22. The third kappa shape index (κ3) is 2.94. The highest BCUT2D eigenvalue weighted by atomic mass is 79.9. The Morgan fingerprint density at radius 3 is 2.61 bits per heavy atom. The third-order valence-corrected chi connectivity index (χ3v) is 5.18. The summed E-state index contributed by atoms with van der Waals surface area (Å²) in [7, 11) is 0. The van der Waals surface area contributed by atoms with Crippen LogP contribution in [0.5, 0.6) is 0 Å². The van der Waals surface area contributed by atoms with Crippen LogP contribution < -0.4 is 11.1 Å². The molecule has 0 aliphatic carbocycles. The summed E-state index contributed by atoms with van der Waals surface area (Å²) in [6.07, 6.45) is 0. The molecule has 1 aromatic carbocycles. The predicted molar refractivity (Wildman–Crippen MR) is 83.4 cm³/mol. The van der Waals surface area contributed by atoms with Crippen LogP contribution in [0, 0.1) is 13.8 Å². The first-order valence-corrected chi connectivity index (χ1v) is 7.51. The second-order valence-corrected chi connectivity index (χ2v) is 6.44. The SMILES string of the molecule is Cc1ccccc1NC(CN)c1cc(Br)c(C)s1. The average molecular weight is 325 g/mol. The Hall–Kier alpha value is -0.840. The van der Waals surface area contributed by atoms with Gasteiger partial charge in [0.2, 0.25) is 0 Å². The summed E-state index contributed by atoms with van der Waals surface area (Å²) in [5, 5.41) is 3.52. The number of aryl methyl sites for hydroxylation is 2. The molecule has 2 nitrogen and oxygen atoms in total. The molecule has 0 amide bonds. The lowest BCUT2D eigenvalue weighted by atomic mass is 10.1. The molecular weight excluding hydrogens is 308 g/mol. The van der Waals surface area contributed by atoms with Gasteiger partial charge in [-0.2, -0.15) is 0 Å². The zero-order valence-electron chi connectivity index (χ0n) is 10.5. The van der Waals surface area contributed by atoms with Gasteiger partial charge in [0, 0.05) is 26.5 Å². The summed E-state index contributed by atoms with van der Waals surface area (Å²) in [6, 6.07) is 10.6. The Morgan fingerprint density at radius 2 is 2.06 bits per heavy atom. The molecule has 2 rings (SSSR count). The highest BCUT2D eigenvalue weighted by Gasteiger charge is 2.14. The van der Waals surface area contributed by atoms with E-state index in [0.717, 1.165) is 10.2 Å². The Kier molecular flexibility index (Phi) is 4.43. The van der Waals surface area contributed by atoms with Gasteiger partial charge in [0.15, 0.2) is 0 Å². The normalized spacial score (nSPS) is 12.4. The Morgan fingerprint density at radius 1 is 1.33 bits per heavy atom. The van der Waals surface area contributed by atoms with E-state index in [-0.39, 0.29) is 6.04 Å². The molecule has 1 unspecified atom stereocenters. The molecule has 0 fully saturated rings. The van der Waals surface area contributed by atoms with Crippen molar-refractivity contribution in [2.75, 3.05) is 11.9 Å². The van der Waals surface area contributed by atoms with E-state index < -0.39 is 0 Å². The molecule has 0 bridgehead atoms. The van der Waals surface area contributed by atoms with Crippen LogP contribution in [-0.4, -0.2) is 6.54 Å². The number of hydrogen-bond acceptors (Lipinski definition) is 3. The fourth-order valence-electron chi connectivity index (χ4n) is 1.82. The fourth-order valence-corrected chi connectivity index (χ4v) is 3.45. The van der Waals surface area contributed by atoms with Gasteiger partial charge in [0.1, 0.15) is 0 Å². The maximum Gasteiger partial charge on any atom is 0.0729 e. The molecule has 18 heavy (non-hydrogen) atoms. The Bertz CT molecular complexity index is 517. The van der Waals surface area contributed by atoms with E-state index in [1.807, 2.05) is 12.1 Å². The number of halogens is 1. The van der Waals surface area contributed by atoms with E-state index in [9.17, 15) is 0 Å². The first kappa shape index (κ1) is 13.6. The van der Waals surface area contributed by atoms with Gasteiger partial charge in [-0.1, -0.05) is 18.2 Å². The summed E-state index contributed by atoms with van der Waals surface area (Å²) in [5.74, 6) is 0. The zero-order chi connectivity index (χ0) is 13.1. The number of anilines is 1. The fraction of sp³-hybridized carbons (Fsp3) is 0.286. The molecule has 0 aliphatic rings. The van der Waals surface area contributed by atoms with E-state index >= 15 is 0 Å². The van der Waals surface area contributed by atoms with Crippen molar-refractivity contribution < 1.29 is 0 Å². The summed E-state index contributed by atoms with van der Waals surface area (Å²) >= 11 is 5.34. The average Bonchev–Trinajstić information content (AvgIpc) is 2.68. The van der Waals surface area contributed by atoms with Gasteiger partial charge in [0.05, 0.1) is 6.04 Å². The molecule has 0 radical (unpaired) electrons. The first-order valence-electron chi connectivity index (χ1n) is 5.90. The van der Waals surface area contributed by atoms with Crippen molar-refractivity contribution in [2.24, 2.45) is 5.73 Å². The van der Waals surface area contributed by atoms with Crippen molar-refractivity contribution in [3.05, 3.63) is 50.1 Å². The molecule has 2 aromatic rings. The summed E-state index contributed by atoms with van der Waals surface area (Å²) in [4.78, 5) is 2.56. The minimum atomic E-state index is 0.168. The molecule has 0 saturated carbocycles. The molecule has 3 N–H and O–H groups in total. The minimum Gasteiger partial charge on any atom is -0.376 e. The van der Waals surface area contributed by atoms with Gasteiger partial charge >= 0.3 is 0 Å². The van der Waals surface area contributed by atoms with Gasteiger partial charge in [-0.3, -0.25) is 0 Å². The maximum absolute atomic E-state index is 5.89. The van der Waals surface area contributed by atoms with Gasteiger partial charge in [-0.25, -0.2) is 0 Å². The van der Waals surface area contributed by atoms with Gasteiger partial charge in [-0.15, -0.1) is 11.3 Å². The van der Waals surface area contributed by atoms with Crippen molar-refractivity contribution in [3.63, 3.8) is 0 Å². The second-order valence-electron chi connectivity index (χ2n) is 4.30. The third-order valence-electron chi connectivity index (χ3n) is 2.93. The second kappa shape index (κ2) is 5.87. The quantitative estimate of drug-likeness (QED) is 0.882. The number of thiophene rings is 1. The molecule has 1 heterocycles. The monoisotopic (exact) mass is 324 g/mol. The van der Waals surface area contributed by atoms with Gasteiger partial charge < -0.3 is 11.1 Å². The molecule has 4 heteroatoms. The van der Waals surface area contributed by atoms with Crippen LogP contribution in [0.25, 0.3) is 0 Å². The van der Waals surface area contributed by atoms with Crippen molar-refractivity contribution in [1.82, 2.24) is 0 Å². The van der Waals surface area contributed by atoms with Crippen molar-refractivity contribution in [3.8, 4) is 0 Å². The topological polar surface area (TPSA) is 38.0 Å². The summed E-state index contributed by atoms with van der Waals surface area (Å²) in [6.45, 7) is 4.80. The number of hydrogen-bond donors (Lipinski definition) is 2. The van der Waals surface area contributed by atoms with E-state index in [0.29, 0.717) is 6.54 Å². The van der Waals surface area contributed by atoms with E-state index in [2.05, 4.69) is 53.3 Å². The van der Waals surface area contributed by atoms with Crippen LogP contribution in [-0.2, 0) is 0 Å². The van der Waals surface area contributed by atoms with Crippen LogP contribution in [0.4, 0.5) is 5.69 Å². The number of benzene rings is 1. The molecule has 1 aromatic heterocycles. The van der Waals surface area contributed by atoms with Gasteiger partial charge in [-0.05, 0) is 47.5 Å². The Labute approximate surface area is 120 Å². The van der Waals surface area contributed by atoms with Crippen LogP contribution in [0.15, 0.2) is 34.8 Å². The number of rotatable bonds is 4. The van der Waals surface area contributed by atoms with E-state index in [1.165, 1.54) is 15.3 Å². The van der Waals surface area contributed by atoms with Crippen LogP contribution >= 0.6 is 27.3 Å². The largest absolute Gasteiger partial charge is 0.376 e. The minimum absolute atomic E-state index is 0.168.